The maximum Gasteiger partial charge on any atom is 0.317 e. The predicted molar refractivity (Wildman–Crippen MR) is 129 cm³/mol. The van der Waals surface area contributed by atoms with Gasteiger partial charge in [0.25, 0.3) is 5.91 Å². The third kappa shape index (κ3) is 3.96. The summed E-state index contributed by atoms with van der Waals surface area (Å²) in [6, 6.07) is 16.3. The molecule has 9 heteroatoms. The van der Waals surface area contributed by atoms with Gasteiger partial charge in [-0.1, -0.05) is 24.3 Å². The molecule has 0 N–H and O–H groups in total. The molecule has 1 aliphatic rings. The number of benzene rings is 2. The molecular weight excluding hydrogens is 432 g/mol. The van der Waals surface area contributed by atoms with Gasteiger partial charge in [0.2, 0.25) is 5.95 Å². The van der Waals surface area contributed by atoms with Gasteiger partial charge in [-0.25, -0.2) is 9.97 Å². The van der Waals surface area contributed by atoms with Crippen molar-refractivity contribution >= 4 is 22.9 Å². The molecule has 34 heavy (non-hydrogen) atoms. The molecule has 1 saturated heterocycles. The molecule has 0 saturated carbocycles. The van der Waals surface area contributed by atoms with E-state index < -0.39 is 11.1 Å². The summed E-state index contributed by atoms with van der Waals surface area (Å²) < 4.78 is 2.86. The van der Waals surface area contributed by atoms with Gasteiger partial charge in [0.05, 0.1) is 17.6 Å². The zero-order chi connectivity index (χ0) is 23.7. The maximum atomic E-state index is 13.0. The van der Waals surface area contributed by atoms with Gasteiger partial charge in [-0.15, -0.1) is 0 Å². The Kier molecular flexibility index (Phi) is 5.67. The van der Waals surface area contributed by atoms with E-state index in [1.54, 1.807) is 37.6 Å². The number of anilines is 1. The summed E-state index contributed by atoms with van der Waals surface area (Å²) in [5.41, 5.74) is 1.68. The number of nitrogens with zero attached hydrogens (tertiary/aromatic N) is 6. The Morgan fingerprint density at radius 3 is 2.15 bits per heavy atom. The Bertz CT molecular complexity index is 1450. The Labute approximate surface area is 195 Å². The van der Waals surface area contributed by atoms with E-state index in [-0.39, 0.29) is 12.5 Å². The minimum Gasteiger partial charge on any atom is -0.337 e. The Balaban J connectivity index is 1.31. The molecule has 1 aliphatic heterocycles. The highest BCUT2D eigenvalue weighted by molar-refractivity contribution is 5.94. The van der Waals surface area contributed by atoms with E-state index in [1.807, 2.05) is 41.3 Å². The van der Waals surface area contributed by atoms with Crippen molar-refractivity contribution in [1.29, 1.82) is 0 Å². The summed E-state index contributed by atoms with van der Waals surface area (Å²) in [7, 11) is 1.60. The van der Waals surface area contributed by atoms with Crippen molar-refractivity contribution in [2.45, 2.75) is 6.54 Å². The van der Waals surface area contributed by atoms with Gasteiger partial charge in [-0.2, -0.15) is 0 Å². The second-order valence-electron chi connectivity index (χ2n) is 8.27. The van der Waals surface area contributed by atoms with Crippen LogP contribution in [0.5, 0.6) is 0 Å². The standard InChI is InChI=1S/C25H24N6O3/c1-28-20-5-2-3-6-21(20)31(24(34)23(28)33)17-18-7-9-19(10-8-18)22(32)29-13-15-30(16-14-29)25-26-11-4-12-27-25/h2-12H,13-17H2,1H3. The molecule has 0 unspecified atom stereocenters. The average molecular weight is 457 g/mol. The van der Waals surface area contributed by atoms with Crippen molar-refractivity contribution in [3.05, 3.63) is 98.8 Å². The summed E-state index contributed by atoms with van der Waals surface area (Å²) in [6.07, 6.45) is 3.43. The second-order valence-corrected chi connectivity index (χ2v) is 8.27. The first-order chi connectivity index (χ1) is 16.5. The van der Waals surface area contributed by atoms with E-state index in [4.69, 9.17) is 0 Å². The molecular formula is C25H24N6O3. The van der Waals surface area contributed by atoms with Gasteiger partial charge in [-0.05, 0) is 35.9 Å². The molecule has 1 amide bonds. The Hall–Kier alpha value is -4.27. The monoisotopic (exact) mass is 456 g/mol. The number of hydrogen-bond donors (Lipinski definition) is 0. The first-order valence-electron chi connectivity index (χ1n) is 11.1. The fraction of sp³-hybridized carbons (Fsp3) is 0.240. The second kappa shape index (κ2) is 8.93. The number of carbonyl (C=O) groups is 1. The van der Waals surface area contributed by atoms with Crippen molar-refractivity contribution in [3.8, 4) is 0 Å². The lowest BCUT2D eigenvalue weighted by molar-refractivity contribution is 0.0746. The van der Waals surface area contributed by atoms with Crippen molar-refractivity contribution in [3.63, 3.8) is 0 Å². The predicted octanol–water partition coefficient (Wildman–Crippen LogP) is 1.50. The van der Waals surface area contributed by atoms with Crippen LogP contribution in [-0.4, -0.2) is 56.1 Å². The van der Waals surface area contributed by atoms with E-state index in [2.05, 4.69) is 14.9 Å². The van der Waals surface area contributed by atoms with Gasteiger partial charge in [0.15, 0.2) is 0 Å². The highest BCUT2D eigenvalue weighted by Crippen LogP contribution is 2.15. The van der Waals surface area contributed by atoms with Crippen molar-refractivity contribution in [2.75, 3.05) is 31.1 Å². The van der Waals surface area contributed by atoms with E-state index in [0.29, 0.717) is 48.7 Å². The summed E-state index contributed by atoms with van der Waals surface area (Å²) in [6.45, 7) is 2.78. The van der Waals surface area contributed by atoms with Gasteiger partial charge in [0.1, 0.15) is 0 Å². The summed E-state index contributed by atoms with van der Waals surface area (Å²) in [5.74, 6) is 0.647. The molecule has 1 fully saturated rings. The van der Waals surface area contributed by atoms with E-state index >= 15 is 0 Å². The largest absolute Gasteiger partial charge is 0.337 e. The maximum absolute atomic E-state index is 13.0. The molecule has 5 rings (SSSR count). The number of amides is 1. The molecule has 0 bridgehead atoms. The summed E-state index contributed by atoms with van der Waals surface area (Å²) >= 11 is 0. The molecule has 9 nitrogen and oxygen atoms in total. The molecule has 0 spiro atoms. The van der Waals surface area contributed by atoms with Crippen LogP contribution in [0.1, 0.15) is 15.9 Å². The van der Waals surface area contributed by atoms with Crippen LogP contribution in [0.4, 0.5) is 5.95 Å². The van der Waals surface area contributed by atoms with Crippen LogP contribution in [-0.2, 0) is 13.6 Å². The number of rotatable bonds is 4. The van der Waals surface area contributed by atoms with Crippen LogP contribution in [0.3, 0.4) is 0 Å². The highest BCUT2D eigenvalue weighted by atomic mass is 16.2. The quantitative estimate of drug-likeness (QED) is 0.432. The first-order valence-corrected chi connectivity index (χ1v) is 11.1. The number of fused-ring (bicyclic) bond motifs is 1. The minimum atomic E-state index is -0.568. The lowest BCUT2D eigenvalue weighted by atomic mass is 10.1. The number of para-hydroxylation sites is 2. The topological polar surface area (TPSA) is 93.3 Å². The third-order valence-electron chi connectivity index (χ3n) is 6.21. The number of aryl methyl sites for hydroxylation is 1. The van der Waals surface area contributed by atoms with Gasteiger partial charge >= 0.3 is 11.1 Å². The molecule has 172 valence electrons. The molecule has 0 radical (unpaired) electrons. The van der Waals surface area contributed by atoms with Crippen molar-refractivity contribution in [1.82, 2.24) is 24.0 Å². The van der Waals surface area contributed by atoms with Gasteiger partial charge in [-0.3, -0.25) is 19.0 Å². The fourth-order valence-electron chi connectivity index (χ4n) is 4.29. The summed E-state index contributed by atoms with van der Waals surface area (Å²) in [4.78, 5) is 50.5. The van der Waals surface area contributed by atoms with Crippen LogP contribution in [0.25, 0.3) is 11.0 Å². The highest BCUT2D eigenvalue weighted by Gasteiger charge is 2.23. The lowest BCUT2D eigenvalue weighted by Crippen LogP contribution is -2.49. The normalized spacial score (nSPS) is 13.9. The average Bonchev–Trinajstić information content (AvgIpc) is 2.90. The molecule has 0 aliphatic carbocycles. The summed E-state index contributed by atoms with van der Waals surface area (Å²) in [5, 5.41) is 0. The molecule has 3 heterocycles. The van der Waals surface area contributed by atoms with Crippen LogP contribution in [0.2, 0.25) is 0 Å². The van der Waals surface area contributed by atoms with Crippen molar-refractivity contribution in [2.24, 2.45) is 7.05 Å². The van der Waals surface area contributed by atoms with Crippen LogP contribution in [0.15, 0.2) is 76.6 Å². The molecule has 2 aromatic heterocycles. The molecule has 4 aromatic rings. The SMILES string of the molecule is Cn1c(=O)c(=O)n(Cc2ccc(C(=O)N3CCN(c4ncccn4)CC3)cc2)c2ccccc21. The van der Waals surface area contributed by atoms with E-state index in [9.17, 15) is 14.4 Å². The molecule has 0 atom stereocenters. The smallest absolute Gasteiger partial charge is 0.317 e. The zero-order valence-corrected chi connectivity index (χ0v) is 18.8. The van der Waals surface area contributed by atoms with Gasteiger partial charge < -0.3 is 14.4 Å². The van der Waals surface area contributed by atoms with Crippen LogP contribution >= 0.6 is 0 Å². The zero-order valence-electron chi connectivity index (χ0n) is 18.8. The number of aromatic nitrogens is 4. The fourth-order valence-corrected chi connectivity index (χ4v) is 4.29. The van der Waals surface area contributed by atoms with Crippen LogP contribution in [0, 0.1) is 0 Å². The van der Waals surface area contributed by atoms with Crippen LogP contribution < -0.4 is 16.0 Å². The minimum absolute atomic E-state index is 0.0311. The molecule has 2 aromatic carbocycles. The van der Waals surface area contributed by atoms with Gasteiger partial charge in [0, 0.05) is 51.2 Å². The number of carbonyl (C=O) groups excluding carboxylic acids is 1. The van der Waals surface area contributed by atoms with E-state index in [1.165, 1.54) is 9.13 Å². The third-order valence-corrected chi connectivity index (χ3v) is 6.21. The Morgan fingerprint density at radius 1 is 0.824 bits per heavy atom. The van der Waals surface area contributed by atoms with Crippen molar-refractivity contribution < 1.29 is 4.79 Å². The van der Waals surface area contributed by atoms with E-state index in [0.717, 1.165) is 5.56 Å². The first kappa shape index (κ1) is 21.6. The Morgan fingerprint density at radius 2 is 1.47 bits per heavy atom. The number of piperazine rings is 1. The number of hydrogen-bond acceptors (Lipinski definition) is 6. The lowest BCUT2D eigenvalue weighted by Gasteiger charge is -2.34.